The molecule has 0 aliphatic rings. The zero-order valence-corrected chi connectivity index (χ0v) is 32.3. The van der Waals surface area contributed by atoms with Crippen LogP contribution in [0.1, 0.15) is 149 Å². The van der Waals surface area contributed by atoms with Gasteiger partial charge in [-0.05, 0) is 83.5 Å². The lowest BCUT2D eigenvalue weighted by Crippen LogP contribution is -2.28. The number of aliphatic hydroxyl groups excluding tert-OH is 1. The quantitative estimate of drug-likeness (QED) is 0.0410. The average molecular weight is 705 g/mol. The van der Waals surface area contributed by atoms with Crippen molar-refractivity contribution in [2.45, 2.75) is 155 Å². The number of hydrogen-bond donors (Lipinski definition) is 1. The Labute approximate surface area is 312 Å². The third kappa shape index (κ3) is 39.2. The molecule has 0 rings (SSSR count). The zero-order chi connectivity index (χ0) is 37.1. The van der Waals surface area contributed by atoms with Gasteiger partial charge < -0.3 is 14.6 Å². The van der Waals surface area contributed by atoms with Crippen LogP contribution in [-0.2, 0) is 19.1 Å². The highest BCUT2D eigenvalue weighted by atomic mass is 16.6. The van der Waals surface area contributed by atoms with Crippen LogP contribution in [0.3, 0.4) is 0 Å². The highest BCUT2D eigenvalue weighted by molar-refractivity contribution is 5.70. The van der Waals surface area contributed by atoms with E-state index in [0.29, 0.717) is 12.8 Å². The zero-order valence-electron chi connectivity index (χ0n) is 32.3. The van der Waals surface area contributed by atoms with E-state index in [1.165, 1.54) is 19.3 Å². The smallest absolute Gasteiger partial charge is 0.306 e. The Bertz CT molecular complexity index is 1070. The molecule has 0 bridgehead atoms. The molecule has 0 amide bonds. The number of carbonyl (C=O) groups is 2. The summed E-state index contributed by atoms with van der Waals surface area (Å²) in [6.45, 7) is 3.90. The monoisotopic (exact) mass is 705 g/mol. The summed E-state index contributed by atoms with van der Waals surface area (Å²) in [6.07, 6.45) is 59.0. The van der Waals surface area contributed by atoms with Crippen LogP contribution in [0.15, 0.2) is 109 Å². The third-order valence-corrected chi connectivity index (χ3v) is 7.83. The number of hydrogen-bond acceptors (Lipinski definition) is 5. The SMILES string of the molecule is CC/C=C\C/C=C\C/C=C\C/C=C\C/C=C\C/C=C\C/C=C\C/C=C\C/C=C\CCCCCC(=O)OC(CO)COC(=O)CCCCCCCC. The number of unbranched alkanes of at least 4 members (excludes halogenated alkanes) is 8. The highest BCUT2D eigenvalue weighted by Gasteiger charge is 2.16. The molecule has 0 aromatic heterocycles. The van der Waals surface area contributed by atoms with Gasteiger partial charge in [-0.3, -0.25) is 9.59 Å². The molecule has 0 fully saturated rings. The lowest BCUT2D eigenvalue weighted by molar-refractivity contribution is -0.161. The van der Waals surface area contributed by atoms with Crippen molar-refractivity contribution in [1.82, 2.24) is 0 Å². The summed E-state index contributed by atoms with van der Waals surface area (Å²) in [5, 5.41) is 9.48. The van der Waals surface area contributed by atoms with E-state index in [0.717, 1.165) is 103 Å². The minimum atomic E-state index is -0.792. The van der Waals surface area contributed by atoms with Crippen LogP contribution < -0.4 is 0 Å². The van der Waals surface area contributed by atoms with Crippen LogP contribution in [0.4, 0.5) is 0 Å². The number of rotatable bonds is 34. The fraction of sp³-hybridized carbons (Fsp3) is 0.565. The van der Waals surface area contributed by atoms with Gasteiger partial charge >= 0.3 is 11.9 Å². The van der Waals surface area contributed by atoms with E-state index in [4.69, 9.17) is 9.47 Å². The molecule has 0 heterocycles. The van der Waals surface area contributed by atoms with Crippen LogP contribution in [0, 0.1) is 0 Å². The second kappa shape index (κ2) is 41.0. The first-order chi connectivity index (χ1) is 25.1. The standard InChI is InChI=1S/C46H72O5/c1-3-5-7-9-11-12-13-14-15-16-17-18-19-20-21-22-23-24-25-26-27-28-29-30-31-32-33-34-35-37-39-41-46(49)51-44(42-47)43-50-45(48)40-38-36-10-8-6-4-2/h5,7,11-12,14-15,17-18,20-21,23-24,26-27,29-30,32-33,44,47H,3-4,6,8-10,13,16,19,22,25,28,31,34-43H2,1-2H3/b7-5-,12-11-,15-14-,18-17-,21-20-,24-23-,27-26-,30-29-,33-32-. The summed E-state index contributed by atoms with van der Waals surface area (Å²) >= 11 is 0. The summed E-state index contributed by atoms with van der Waals surface area (Å²) in [4.78, 5) is 24.0. The van der Waals surface area contributed by atoms with E-state index < -0.39 is 6.10 Å². The first-order valence-electron chi connectivity index (χ1n) is 19.9. The Morgan fingerprint density at radius 1 is 0.471 bits per heavy atom. The summed E-state index contributed by atoms with van der Waals surface area (Å²) < 4.78 is 10.5. The van der Waals surface area contributed by atoms with Gasteiger partial charge in [0.25, 0.3) is 0 Å². The second-order valence-electron chi connectivity index (χ2n) is 12.6. The normalized spacial score (nSPS) is 13.4. The molecule has 0 saturated carbocycles. The summed E-state index contributed by atoms with van der Waals surface area (Å²) in [6, 6.07) is 0. The minimum Gasteiger partial charge on any atom is -0.462 e. The van der Waals surface area contributed by atoms with Crippen molar-refractivity contribution in [3.8, 4) is 0 Å². The van der Waals surface area contributed by atoms with E-state index in [-0.39, 0.29) is 25.2 Å². The summed E-state index contributed by atoms with van der Waals surface area (Å²) in [7, 11) is 0. The lowest BCUT2D eigenvalue weighted by Gasteiger charge is -2.15. The molecule has 0 aromatic carbocycles. The van der Waals surface area contributed by atoms with Gasteiger partial charge in [0.15, 0.2) is 6.10 Å². The maximum Gasteiger partial charge on any atom is 0.306 e. The van der Waals surface area contributed by atoms with Gasteiger partial charge in [0.2, 0.25) is 0 Å². The Hall–Kier alpha value is -3.44. The topological polar surface area (TPSA) is 72.8 Å². The van der Waals surface area contributed by atoms with Gasteiger partial charge in [0, 0.05) is 12.8 Å². The third-order valence-electron chi connectivity index (χ3n) is 7.83. The Morgan fingerprint density at radius 2 is 0.843 bits per heavy atom. The maximum atomic E-state index is 12.1. The van der Waals surface area contributed by atoms with Crippen molar-refractivity contribution in [3.05, 3.63) is 109 Å². The molecule has 0 radical (unpaired) electrons. The Balaban J connectivity index is 3.70. The van der Waals surface area contributed by atoms with E-state index in [9.17, 15) is 14.7 Å². The van der Waals surface area contributed by atoms with Crippen LogP contribution in [-0.4, -0.2) is 36.4 Å². The predicted molar refractivity (Wildman–Crippen MR) is 218 cm³/mol. The van der Waals surface area contributed by atoms with Crippen LogP contribution in [0.25, 0.3) is 0 Å². The van der Waals surface area contributed by atoms with E-state index in [2.05, 4.69) is 123 Å². The van der Waals surface area contributed by atoms with Crippen LogP contribution in [0.2, 0.25) is 0 Å². The molecule has 0 spiro atoms. The maximum absolute atomic E-state index is 12.1. The molecule has 5 nitrogen and oxygen atoms in total. The second-order valence-corrected chi connectivity index (χ2v) is 12.6. The van der Waals surface area contributed by atoms with Gasteiger partial charge in [-0.1, -0.05) is 162 Å². The van der Waals surface area contributed by atoms with Gasteiger partial charge in [0.05, 0.1) is 6.61 Å². The first kappa shape index (κ1) is 47.6. The summed E-state index contributed by atoms with van der Waals surface area (Å²) in [5.74, 6) is -0.652. The number of esters is 2. The van der Waals surface area contributed by atoms with Crippen molar-refractivity contribution >= 4 is 11.9 Å². The molecule has 0 aliphatic carbocycles. The fourth-order valence-corrected chi connectivity index (χ4v) is 4.84. The van der Waals surface area contributed by atoms with Crippen molar-refractivity contribution in [2.75, 3.05) is 13.2 Å². The van der Waals surface area contributed by atoms with E-state index in [1.54, 1.807) is 0 Å². The Kier molecular flexibility index (Phi) is 38.2. The number of allylic oxidation sites excluding steroid dienone is 18. The van der Waals surface area contributed by atoms with Crippen molar-refractivity contribution < 1.29 is 24.2 Å². The first-order valence-corrected chi connectivity index (χ1v) is 19.9. The lowest BCUT2D eigenvalue weighted by atomic mass is 10.1. The molecule has 51 heavy (non-hydrogen) atoms. The number of ether oxygens (including phenoxy) is 2. The molecule has 1 N–H and O–H groups in total. The number of aliphatic hydroxyl groups is 1. The van der Waals surface area contributed by atoms with Crippen molar-refractivity contribution in [3.63, 3.8) is 0 Å². The van der Waals surface area contributed by atoms with Crippen LogP contribution in [0.5, 0.6) is 0 Å². The van der Waals surface area contributed by atoms with Gasteiger partial charge in [0.1, 0.15) is 6.61 Å². The largest absolute Gasteiger partial charge is 0.462 e. The van der Waals surface area contributed by atoms with Gasteiger partial charge in [-0.15, -0.1) is 0 Å². The molecule has 286 valence electrons. The molecule has 5 heteroatoms. The van der Waals surface area contributed by atoms with E-state index >= 15 is 0 Å². The molecule has 1 unspecified atom stereocenters. The van der Waals surface area contributed by atoms with Crippen LogP contribution >= 0.6 is 0 Å². The van der Waals surface area contributed by atoms with Gasteiger partial charge in [-0.25, -0.2) is 0 Å². The van der Waals surface area contributed by atoms with Crippen molar-refractivity contribution in [1.29, 1.82) is 0 Å². The molecule has 0 aromatic rings. The minimum absolute atomic E-state index is 0.0865. The summed E-state index contributed by atoms with van der Waals surface area (Å²) in [5.41, 5.74) is 0. The molecular formula is C46H72O5. The molecule has 0 aliphatic heterocycles. The highest BCUT2D eigenvalue weighted by Crippen LogP contribution is 2.09. The van der Waals surface area contributed by atoms with Crippen molar-refractivity contribution in [2.24, 2.45) is 0 Å². The fourth-order valence-electron chi connectivity index (χ4n) is 4.84. The van der Waals surface area contributed by atoms with Gasteiger partial charge in [-0.2, -0.15) is 0 Å². The molecule has 0 saturated heterocycles. The Morgan fingerprint density at radius 3 is 1.27 bits per heavy atom. The molecule has 1 atom stereocenters. The molecular weight excluding hydrogens is 633 g/mol. The number of carbonyl (C=O) groups excluding carboxylic acids is 2. The van der Waals surface area contributed by atoms with E-state index in [1.807, 2.05) is 0 Å². The predicted octanol–water partition coefficient (Wildman–Crippen LogP) is 12.7. The average Bonchev–Trinajstić information content (AvgIpc) is 3.13.